The molecule has 0 aliphatic carbocycles. The number of pyridine rings is 1. The molecule has 4 aromatic rings. The summed E-state index contributed by atoms with van der Waals surface area (Å²) in [5.74, 6) is -0.314. The van der Waals surface area contributed by atoms with Crippen molar-refractivity contribution in [3.05, 3.63) is 107 Å². The van der Waals surface area contributed by atoms with Crippen LogP contribution in [0.3, 0.4) is 0 Å². The molecule has 6 nitrogen and oxygen atoms in total. The van der Waals surface area contributed by atoms with Crippen molar-refractivity contribution in [1.29, 1.82) is 0 Å². The number of carbonyl (C=O) groups excluding carboxylic acids is 2. The molecule has 0 radical (unpaired) electrons. The maximum atomic E-state index is 12.9. The first-order valence-electron chi connectivity index (χ1n) is 9.88. The quantitative estimate of drug-likeness (QED) is 0.399. The lowest BCUT2D eigenvalue weighted by Gasteiger charge is -2.18. The molecule has 31 heavy (non-hydrogen) atoms. The number of amides is 2. The van der Waals surface area contributed by atoms with E-state index in [2.05, 4.69) is 15.5 Å². The fraction of sp³-hybridized carbons (Fsp3) is 0.0400. The third-order valence-corrected chi connectivity index (χ3v) is 5.26. The number of rotatable bonds is 5. The van der Waals surface area contributed by atoms with Gasteiger partial charge >= 0.3 is 0 Å². The van der Waals surface area contributed by atoms with E-state index in [1.807, 2.05) is 60.7 Å². The molecule has 0 spiro atoms. The van der Waals surface area contributed by atoms with Crippen molar-refractivity contribution in [2.75, 3.05) is 4.90 Å². The summed E-state index contributed by atoms with van der Waals surface area (Å²) < 4.78 is 0. The van der Waals surface area contributed by atoms with Crippen LogP contribution in [-0.4, -0.2) is 23.0 Å². The Morgan fingerprint density at radius 1 is 0.968 bits per heavy atom. The lowest BCUT2D eigenvalue weighted by atomic mass is 10.1. The largest absolute Gasteiger partial charge is 0.303 e. The highest BCUT2D eigenvalue weighted by molar-refractivity contribution is 6.24. The normalized spacial score (nSPS) is 12.6. The summed E-state index contributed by atoms with van der Waals surface area (Å²) in [4.78, 5) is 31.1. The summed E-state index contributed by atoms with van der Waals surface area (Å²) in [6.45, 7) is 0.437. The highest BCUT2D eigenvalue weighted by Gasteiger charge is 2.29. The number of hydrazone groups is 1. The van der Waals surface area contributed by atoms with Crippen molar-refractivity contribution in [3.63, 3.8) is 0 Å². The molecule has 0 atom stereocenters. The number of nitrogens with one attached hydrogen (secondary N) is 1. The fourth-order valence-corrected chi connectivity index (χ4v) is 3.75. The molecule has 3 aromatic carbocycles. The molecule has 2 heterocycles. The molecular formula is C25H18N4O2. The lowest BCUT2D eigenvalue weighted by molar-refractivity contribution is 0.0953. The zero-order valence-corrected chi connectivity index (χ0v) is 16.5. The Labute approximate surface area is 178 Å². The molecule has 1 aromatic heterocycles. The third kappa shape index (κ3) is 3.55. The Hall–Kier alpha value is -4.32. The predicted molar refractivity (Wildman–Crippen MR) is 120 cm³/mol. The molecule has 0 saturated carbocycles. The monoisotopic (exact) mass is 406 g/mol. The minimum absolute atomic E-state index is 0.00233. The van der Waals surface area contributed by atoms with E-state index in [1.54, 1.807) is 29.3 Å². The first-order chi connectivity index (χ1) is 15.2. The van der Waals surface area contributed by atoms with Crippen LogP contribution in [0.2, 0.25) is 0 Å². The van der Waals surface area contributed by atoms with Crippen molar-refractivity contribution >= 4 is 34.5 Å². The first kappa shape index (κ1) is 18.7. The molecule has 150 valence electrons. The summed E-state index contributed by atoms with van der Waals surface area (Å²) in [6.07, 6.45) is 3.15. The summed E-state index contributed by atoms with van der Waals surface area (Å²) in [5.41, 5.74) is 6.23. The van der Waals surface area contributed by atoms with Gasteiger partial charge in [0.25, 0.3) is 11.8 Å². The second-order valence-electron chi connectivity index (χ2n) is 7.22. The second kappa shape index (κ2) is 7.84. The van der Waals surface area contributed by atoms with Crippen LogP contribution in [0.4, 0.5) is 5.69 Å². The van der Waals surface area contributed by atoms with E-state index in [4.69, 9.17) is 0 Å². The van der Waals surface area contributed by atoms with E-state index >= 15 is 0 Å². The molecule has 6 heteroatoms. The maximum absolute atomic E-state index is 12.9. The van der Waals surface area contributed by atoms with E-state index in [0.717, 1.165) is 27.6 Å². The Kier molecular flexibility index (Phi) is 4.72. The van der Waals surface area contributed by atoms with Gasteiger partial charge in [-0.15, -0.1) is 0 Å². The number of anilines is 1. The van der Waals surface area contributed by atoms with Crippen molar-refractivity contribution in [3.8, 4) is 0 Å². The molecule has 1 aliphatic rings. The van der Waals surface area contributed by atoms with Gasteiger partial charge in [0.2, 0.25) is 0 Å². The van der Waals surface area contributed by atoms with Crippen LogP contribution in [-0.2, 0) is 6.54 Å². The van der Waals surface area contributed by atoms with Crippen LogP contribution in [0.25, 0.3) is 10.8 Å². The summed E-state index contributed by atoms with van der Waals surface area (Å²) in [5, 5.41) is 5.99. The van der Waals surface area contributed by atoms with Gasteiger partial charge in [0.05, 0.1) is 24.1 Å². The van der Waals surface area contributed by atoms with Crippen LogP contribution >= 0.6 is 0 Å². The number of benzene rings is 3. The van der Waals surface area contributed by atoms with E-state index in [9.17, 15) is 9.59 Å². The van der Waals surface area contributed by atoms with E-state index < -0.39 is 0 Å². The topological polar surface area (TPSA) is 74.7 Å². The average molecular weight is 406 g/mol. The minimum atomic E-state index is -0.312. The zero-order chi connectivity index (χ0) is 21.2. The first-order valence-corrected chi connectivity index (χ1v) is 9.88. The number of hydrogen-bond acceptors (Lipinski definition) is 4. The van der Waals surface area contributed by atoms with Gasteiger partial charge in [0, 0.05) is 22.7 Å². The van der Waals surface area contributed by atoms with Crippen LogP contribution in [0.5, 0.6) is 0 Å². The van der Waals surface area contributed by atoms with Crippen LogP contribution in [0, 0.1) is 0 Å². The molecular weight excluding hydrogens is 388 g/mol. The van der Waals surface area contributed by atoms with Gasteiger partial charge in [0.1, 0.15) is 0 Å². The highest BCUT2D eigenvalue weighted by atomic mass is 16.2. The molecule has 5 rings (SSSR count). The van der Waals surface area contributed by atoms with Crippen LogP contribution in [0.1, 0.15) is 32.0 Å². The van der Waals surface area contributed by atoms with E-state index in [-0.39, 0.29) is 11.8 Å². The lowest BCUT2D eigenvalue weighted by Crippen LogP contribution is -2.26. The molecule has 0 unspecified atom stereocenters. The Bertz CT molecular complexity index is 1310. The van der Waals surface area contributed by atoms with Gasteiger partial charge in [-0.05, 0) is 47.3 Å². The van der Waals surface area contributed by atoms with Gasteiger partial charge in [-0.2, -0.15) is 5.10 Å². The Balaban J connectivity index is 1.29. The van der Waals surface area contributed by atoms with Crippen LogP contribution < -0.4 is 10.3 Å². The number of carbonyl (C=O) groups is 2. The smallest absolute Gasteiger partial charge is 0.271 e. The molecule has 2 amide bonds. The zero-order valence-electron chi connectivity index (χ0n) is 16.5. The van der Waals surface area contributed by atoms with Gasteiger partial charge in [-0.3, -0.25) is 14.6 Å². The summed E-state index contributed by atoms with van der Waals surface area (Å²) >= 11 is 0. The van der Waals surface area contributed by atoms with Crippen molar-refractivity contribution < 1.29 is 9.59 Å². The van der Waals surface area contributed by atoms with Crippen molar-refractivity contribution in [2.24, 2.45) is 5.10 Å². The molecule has 0 bridgehead atoms. The van der Waals surface area contributed by atoms with Gasteiger partial charge in [-0.25, -0.2) is 5.43 Å². The number of aromatic nitrogens is 1. The Morgan fingerprint density at radius 3 is 2.55 bits per heavy atom. The van der Waals surface area contributed by atoms with Crippen LogP contribution in [0.15, 0.2) is 90.2 Å². The van der Waals surface area contributed by atoms with Gasteiger partial charge in [0.15, 0.2) is 0 Å². The standard InChI is InChI=1S/C25H18N4O2/c30-24(28-27-15-20-7-1-2-14-26-20)19-12-10-17(11-13-19)16-29-22-9-4-6-18-5-3-8-21(23(18)22)25(29)31/h1-15H,16H2,(H,28,30)/b27-15-. The predicted octanol–water partition coefficient (Wildman–Crippen LogP) is 4.16. The number of nitrogens with zero attached hydrogens (tertiary/aromatic N) is 3. The fourth-order valence-electron chi connectivity index (χ4n) is 3.75. The van der Waals surface area contributed by atoms with E-state index in [1.165, 1.54) is 6.21 Å². The van der Waals surface area contributed by atoms with E-state index in [0.29, 0.717) is 17.8 Å². The molecule has 0 saturated heterocycles. The van der Waals surface area contributed by atoms with Gasteiger partial charge in [-0.1, -0.05) is 42.5 Å². The van der Waals surface area contributed by atoms with Gasteiger partial charge < -0.3 is 4.90 Å². The van der Waals surface area contributed by atoms with Crippen molar-refractivity contribution in [2.45, 2.75) is 6.54 Å². The summed E-state index contributed by atoms with van der Waals surface area (Å²) in [7, 11) is 0. The van der Waals surface area contributed by atoms with Crippen molar-refractivity contribution in [1.82, 2.24) is 10.4 Å². The molecule has 1 aliphatic heterocycles. The third-order valence-electron chi connectivity index (χ3n) is 5.26. The Morgan fingerprint density at radius 2 is 1.77 bits per heavy atom. The molecule has 1 N–H and O–H groups in total. The second-order valence-corrected chi connectivity index (χ2v) is 7.22. The minimum Gasteiger partial charge on any atom is -0.303 e. The SMILES string of the molecule is O=C(N/N=C\c1ccccn1)c1ccc(CN2C(=O)c3cccc4cccc2c34)cc1. The molecule has 0 fully saturated rings. The average Bonchev–Trinajstić information content (AvgIpc) is 3.08. The summed E-state index contributed by atoms with van der Waals surface area (Å²) in [6, 6.07) is 24.4. The maximum Gasteiger partial charge on any atom is 0.271 e. The highest BCUT2D eigenvalue weighted by Crippen LogP contribution is 2.37. The number of hydrogen-bond donors (Lipinski definition) is 1.